The molecule has 5 heteroatoms. The third kappa shape index (κ3) is 3.78. The third-order valence-corrected chi connectivity index (χ3v) is 4.68. The molecule has 1 fully saturated rings. The second kappa shape index (κ2) is 6.97. The van der Waals surface area contributed by atoms with Crippen molar-refractivity contribution < 1.29 is 0 Å². The Labute approximate surface area is 131 Å². The molecule has 2 rings (SSSR count). The van der Waals surface area contributed by atoms with E-state index < -0.39 is 0 Å². The van der Waals surface area contributed by atoms with Gasteiger partial charge in [0.05, 0.1) is 5.69 Å². The molecule has 112 valence electrons. The van der Waals surface area contributed by atoms with Gasteiger partial charge in [-0.3, -0.25) is 0 Å². The molecular formula is C15H23Cl2N3. The lowest BCUT2D eigenvalue weighted by Crippen LogP contribution is -2.41. The lowest BCUT2D eigenvalue weighted by atomic mass is 9.91. The van der Waals surface area contributed by atoms with Crippen molar-refractivity contribution in [3.05, 3.63) is 21.9 Å². The van der Waals surface area contributed by atoms with Gasteiger partial charge in [-0.25, -0.2) is 4.98 Å². The number of aromatic nitrogens is 1. The van der Waals surface area contributed by atoms with Crippen molar-refractivity contribution >= 4 is 28.9 Å². The van der Waals surface area contributed by atoms with E-state index in [1.807, 2.05) is 13.0 Å². The van der Waals surface area contributed by atoms with Crippen LogP contribution in [-0.4, -0.2) is 35.6 Å². The first-order chi connectivity index (χ1) is 9.51. The van der Waals surface area contributed by atoms with Crippen LogP contribution in [0.25, 0.3) is 0 Å². The number of likely N-dealkylation sites (tertiary alicyclic amines) is 1. The number of hydrogen-bond acceptors (Lipinski definition) is 3. The van der Waals surface area contributed by atoms with E-state index in [0.717, 1.165) is 24.3 Å². The second-order valence-electron chi connectivity index (χ2n) is 5.66. The number of aryl methyl sites for hydroxylation is 1. The first-order valence-electron chi connectivity index (χ1n) is 7.32. The molecular weight excluding hydrogens is 293 g/mol. The molecule has 2 unspecified atom stereocenters. The number of nitrogens with zero attached hydrogens (tertiary/aromatic N) is 2. The topological polar surface area (TPSA) is 28.2 Å². The van der Waals surface area contributed by atoms with Crippen LogP contribution in [0.4, 0.5) is 5.69 Å². The van der Waals surface area contributed by atoms with Gasteiger partial charge in [0, 0.05) is 12.6 Å². The molecule has 0 bridgehead atoms. The SMILES string of the molecule is CCN1CCCC(C(C)Nc2c(C)cc(Cl)nc2Cl)C1. The maximum Gasteiger partial charge on any atom is 0.154 e. The average Bonchev–Trinajstić information content (AvgIpc) is 2.42. The molecule has 1 aliphatic rings. The third-order valence-electron chi connectivity index (χ3n) is 4.21. The van der Waals surface area contributed by atoms with E-state index in [4.69, 9.17) is 23.2 Å². The van der Waals surface area contributed by atoms with Gasteiger partial charge in [0.1, 0.15) is 5.15 Å². The van der Waals surface area contributed by atoms with E-state index in [1.54, 1.807) is 0 Å². The van der Waals surface area contributed by atoms with E-state index in [-0.39, 0.29) is 0 Å². The first-order valence-corrected chi connectivity index (χ1v) is 8.08. The molecule has 0 aliphatic carbocycles. The van der Waals surface area contributed by atoms with Gasteiger partial charge in [0.2, 0.25) is 0 Å². The van der Waals surface area contributed by atoms with E-state index in [0.29, 0.717) is 22.3 Å². The molecule has 0 saturated carbocycles. The van der Waals surface area contributed by atoms with E-state index in [1.165, 1.54) is 19.4 Å². The van der Waals surface area contributed by atoms with Gasteiger partial charge < -0.3 is 10.2 Å². The largest absolute Gasteiger partial charge is 0.380 e. The van der Waals surface area contributed by atoms with Gasteiger partial charge in [-0.2, -0.15) is 0 Å². The zero-order valence-corrected chi connectivity index (χ0v) is 13.9. The van der Waals surface area contributed by atoms with Gasteiger partial charge in [-0.15, -0.1) is 0 Å². The highest BCUT2D eigenvalue weighted by molar-refractivity contribution is 6.34. The van der Waals surface area contributed by atoms with Crippen LogP contribution in [0.5, 0.6) is 0 Å². The smallest absolute Gasteiger partial charge is 0.154 e. The fourth-order valence-corrected chi connectivity index (χ4v) is 3.49. The molecule has 20 heavy (non-hydrogen) atoms. The number of nitrogens with one attached hydrogen (secondary N) is 1. The average molecular weight is 316 g/mol. The lowest BCUT2D eigenvalue weighted by molar-refractivity contribution is 0.172. The molecule has 2 heterocycles. The summed E-state index contributed by atoms with van der Waals surface area (Å²) in [5.74, 6) is 0.648. The molecule has 3 nitrogen and oxygen atoms in total. The molecule has 0 spiro atoms. The minimum atomic E-state index is 0.378. The summed E-state index contributed by atoms with van der Waals surface area (Å²) in [6.07, 6.45) is 2.54. The van der Waals surface area contributed by atoms with Crippen LogP contribution >= 0.6 is 23.2 Å². The Morgan fingerprint density at radius 3 is 2.90 bits per heavy atom. The molecule has 1 aromatic heterocycles. The summed E-state index contributed by atoms with van der Waals surface area (Å²) in [7, 11) is 0. The summed E-state index contributed by atoms with van der Waals surface area (Å²) in [4.78, 5) is 6.64. The summed E-state index contributed by atoms with van der Waals surface area (Å²) in [5, 5.41) is 4.45. The maximum absolute atomic E-state index is 6.21. The Bertz CT molecular complexity index is 441. The number of hydrogen-bond donors (Lipinski definition) is 1. The Morgan fingerprint density at radius 2 is 2.25 bits per heavy atom. The van der Waals surface area contributed by atoms with Crippen LogP contribution in [0.3, 0.4) is 0 Å². The quantitative estimate of drug-likeness (QED) is 0.843. The zero-order valence-electron chi connectivity index (χ0n) is 12.4. The minimum Gasteiger partial charge on any atom is -0.380 e. The highest BCUT2D eigenvalue weighted by Crippen LogP contribution is 2.29. The molecule has 0 radical (unpaired) electrons. The summed E-state index contributed by atoms with van der Waals surface area (Å²) < 4.78 is 0. The summed E-state index contributed by atoms with van der Waals surface area (Å²) in [6, 6.07) is 2.23. The van der Waals surface area contributed by atoms with Crippen molar-refractivity contribution in [1.82, 2.24) is 9.88 Å². The van der Waals surface area contributed by atoms with Crippen molar-refractivity contribution in [2.45, 2.75) is 39.7 Å². The van der Waals surface area contributed by atoms with E-state index in [9.17, 15) is 0 Å². The summed E-state index contributed by atoms with van der Waals surface area (Å²) >= 11 is 12.1. The Balaban J connectivity index is 2.06. The van der Waals surface area contributed by atoms with Crippen LogP contribution in [0.1, 0.15) is 32.3 Å². The predicted molar refractivity (Wildman–Crippen MR) is 86.9 cm³/mol. The second-order valence-corrected chi connectivity index (χ2v) is 6.40. The Morgan fingerprint density at radius 1 is 1.50 bits per heavy atom. The van der Waals surface area contributed by atoms with E-state index in [2.05, 4.69) is 29.0 Å². The molecule has 1 aliphatic heterocycles. The van der Waals surface area contributed by atoms with Gasteiger partial charge in [0.25, 0.3) is 0 Å². The van der Waals surface area contributed by atoms with Crippen LogP contribution in [0.15, 0.2) is 6.07 Å². The van der Waals surface area contributed by atoms with Crippen LogP contribution < -0.4 is 5.32 Å². The minimum absolute atomic E-state index is 0.378. The van der Waals surface area contributed by atoms with Crippen molar-refractivity contribution in [1.29, 1.82) is 0 Å². The zero-order chi connectivity index (χ0) is 14.7. The summed E-state index contributed by atoms with van der Waals surface area (Å²) in [5.41, 5.74) is 1.96. The summed E-state index contributed by atoms with van der Waals surface area (Å²) in [6.45, 7) is 9.97. The highest BCUT2D eigenvalue weighted by atomic mass is 35.5. The number of rotatable bonds is 4. The van der Waals surface area contributed by atoms with Crippen LogP contribution in [0, 0.1) is 12.8 Å². The maximum atomic E-state index is 6.21. The van der Waals surface area contributed by atoms with Crippen molar-refractivity contribution in [2.75, 3.05) is 25.0 Å². The monoisotopic (exact) mass is 315 g/mol. The van der Waals surface area contributed by atoms with Crippen molar-refractivity contribution in [2.24, 2.45) is 5.92 Å². The number of pyridine rings is 1. The fourth-order valence-electron chi connectivity index (χ4n) is 2.90. The van der Waals surface area contributed by atoms with Gasteiger partial charge in [-0.05, 0) is 57.3 Å². The van der Waals surface area contributed by atoms with E-state index >= 15 is 0 Å². The Hall–Kier alpha value is -0.510. The lowest BCUT2D eigenvalue weighted by Gasteiger charge is -2.36. The molecule has 1 saturated heterocycles. The molecule has 1 aromatic rings. The standard InChI is InChI=1S/C15H23Cl2N3/c1-4-20-7-5-6-12(9-20)11(3)18-14-10(2)8-13(16)19-15(14)17/h8,11-12,18H,4-7,9H2,1-3H3. The van der Waals surface area contributed by atoms with Gasteiger partial charge >= 0.3 is 0 Å². The van der Waals surface area contributed by atoms with Crippen LogP contribution in [-0.2, 0) is 0 Å². The number of piperidine rings is 1. The molecule has 0 aromatic carbocycles. The predicted octanol–water partition coefficient (Wildman–Crippen LogP) is 4.23. The number of halogens is 2. The Kier molecular flexibility index (Phi) is 5.53. The fraction of sp³-hybridized carbons (Fsp3) is 0.667. The first kappa shape index (κ1) is 15.9. The van der Waals surface area contributed by atoms with Crippen molar-refractivity contribution in [3.8, 4) is 0 Å². The van der Waals surface area contributed by atoms with Gasteiger partial charge in [-0.1, -0.05) is 30.1 Å². The van der Waals surface area contributed by atoms with Crippen molar-refractivity contribution in [3.63, 3.8) is 0 Å². The van der Waals surface area contributed by atoms with Crippen LogP contribution in [0.2, 0.25) is 10.3 Å². The number of anilines is 1. The molecule has 0 amide bonds. The highest BCUT2D eigenvalue weighted by Gasteiger charge is 2.24. The van der Waals surface area contributed by atoms with Gasteiger partial charge in [0.15, 0.2) is 5.15 Å². The normalized spacial score (nSPS) is 21.8. The molecule has 1 N–H and O–H groups in total. The molecule has 2 atom stereocenters.